The minimum atomic E-state index is 0.00270. The average Bonchev–Trinajstić information content (AvgIpc) is 3.31. The molecule has 2 nitrogen and oxygen atoms in total. The molecule has 9 aromatic carbocycles. The molecule has 0 aliphatic carbocycles. The van der Waals surface area contributed by atoms with Crippen LogP contribution < -0.4 is 31.5 Å². The Labute approximate surface area is 339 Å². The molecule has 0 aromatic heterocycles. The van der Waals surface area contributed by atoms with E-state index in [0.717, 1.165) is 0 Å². The first-order valence-electron chi connectivity index (χ1n) is 20.3. The molecule has 0 saturated carbocycles. The monoisotopic (exact) mass is 732 g/mol. The lowest BCUT2D eigenvalue weighted by Crippen LogP contribution is -2.62. The minimum absolute atomic E-state index is 0.00270. The maximum absolute atomic E-state index is 2.61. The number of benzene rings is 9. The molecule has 0 radical (unpaired) electrons. The zero-order chi connectivity index (χ0) is 37.9. The van der Waals surface area contributed by atoms with Gasteiger partial charge in [0, 0.05) is 45.0 Å². The fraction of sp³-hybridized carbons (Fsp3) is 0. The van der Waals surface area contributed by atoms with Crippen molar-refractivity contribution >= 4 is 58.3 Å². The SMILES string of the molecule is c1ccc(-c2ccc3c(c2)-c2ccccc2N2B3c3ccc4c(c3-c3ccccc32)-c2ccccc2N2B4c3ccc(-c4ccccc4)cc3-c3ccccc32)cc1. The highest BCUT2D eigenvalue weighted by Gasteiger charge is 2.47. The quantitative estimate of drug-likeness (QED) is 0.163. The average molecular weight is 733 g/mol. The van der Waals surface area contributed by atoms with Crippen LogP contribution in [0.4, 0.5) is 22.7 Å². The second-order valence-corrected chi connectivity index (χ2v) is 15.9. The summed E-state index contributed by atoms with van der Waals surface area (Å²) < 4.78 is 0. The van der Waals surface area contributed by atoms with Crippen molar-refractivity contribution in [2.45, 2.75) is 0 Å². The van der Waals surface area contributed by atoms with Gasteiger partial charge in [-0.2, -0.15) is 0 Å². The van der Waals surface area contributed by atoms with Crippen molar-refractivity contribution in [3.63, 3.8) is 0 Å². The summed E-state index contributed by atoms with van der Waals surface area (Å²) in [6, 6.07) is 77.0. The van der Waals surface area contributed by atoms with Gasteiger partial charge >= 0.3 is 13.7 Å². The summed E-state index contributed by atoms with van der Waals surface area (Å²) in [5, 5.41) is 0. The van der Waals surface area contributed by atoms with Crippen LogP contribution in [-0.2, 0) is 0 Å². The van der Waals surface area contributed by atoms with Crippen molar-refractivity contribution in [3.05, 3.63) is 206 Å². The van der Waals surface area contributed by atoms with Crippen LogP contribution in [0, 0.1) is 0 Å². The van der Waals surface area contributed by atoms with Crippen molar-refractivity contribution in [1.82, 2.24) is 0 Å². The third kappa shape index (κ3) is 4.35. The van der Waals surface area contributed by atoms with E-state index >= 15 is 0 Å². The zero-order valence-corrected chi connectivity index (χ0v) is 31.7. The number of fused-ring (bicyclic) bond motifs is 23. The van der Waals surface area contributed by atoms with Crippen LogP contribution in [0.3, 0.4) is 0 Å². The van der Waals surface area contributed by atoms with Crippen LogP contribution in [0.25, 0.3) is 66.8 Å². The fourth-order valence-corrected chi connectivity index (χ4v) is 10.7. The predicted molar refractivity (Wildman–Crippen MR) is 246 cm³/mol. The molecule has 4 heterocycles. The molecule has 9 aromatic rings. The van der Waals surface area contributed by atoms with Crippen molar-refractivity contribution in [2.24, 2.45) is 0 Å². The van der Waals surface area contributed by atoms with Crippen molar-refractivity contribution in [1.29, 1.82) is 0 Å². The molecule has 266 valence electrons. The Morgan fingerprint density at radius 2 is 0.569 bits per heavy atom. The third-order valence-corrected chi connectivity index (χ3v) is 13.1. The molecule has 0 unspecified atom stereocenters. The first-order valence-corrected chi connectivity index (χ1v) is 20.3. The normalized spacial score (nSPS) is 13.4. The smallest absolute Gasteiger partial charge is 0.329 e. The number of rotatable bonds is 2. The topological polar surface area (TPSA) is 6.48 Å². The Bertz CT molecular complexity index is 2940. The first kappa shape index (κ1) is 31.9. The fourth-order valence-electron chi connectivity index (χ4n) is 10.7. The van der Waals surface area contributed by atoms with Crippen molar-refractivity contribution in [2.75, 3.05) is 9.62 Å². The number of hydrogen-bond acceptors (Lipinski definition) is 2. The van der Waals surface area contributed by atoms with Crippen molar-refractivity contribution < 1.29 is 0 Å². The highest BCUT2D eigenvalue weighted by Crippen LogP contribution is 2.52. The molecule has 4 aliphatic rings. The Morgan fingerprint density at radius 1 is 0.241 bits per heavy atom. The molecule has 4 heteroatoms. The summed E-state index contributed by atoms with van der Waals surface area (Å²) in [6.45, 7) is 0.00540. The van der Waals surface area contributed by atoms with Gasteiger partial charge in [-0.25, -0.2) is 0 Å². The van der Waals surface area contributed by atoms with E-state index in [1.165, 1.54) is 111 Å². The van der Waals surface area contributed by atoms with Gasteiger partial charge in [0.05, 0.1) is 0 Å². The summed E-state index contributed by atoms with van der Waals surface area (Å²) in [4.78, 5) is 5.23. The lowest BCUT2D eigenvalue weighted by Gasteiger charge is -2.47. The largest absolute Gasteiger partial charge is 0.376 e. The molecule has 13 rings (SSSR count). The zero-order valence-electron chi connectivity index (χ0n) is 31.7. The molecule has 4 aliphatic heterocycles. The highest BCUT2D eigenvalue weighted by atomic mass is 15.1. The second kappa shape index (κ2) is 12.1. The van der Waals surface area contributed by atoms with E-state index in [4.69, 9.17) is 0 Å². The predicted octanol–water partition coefficient (Wildman–Crippen LogP) is 10.8. The molecular weight excluding hydrogens is 698 g/mol. The van der Waals surface area contributed by atoms with E-state index < -0.39 is 0 Å². The molecule has 0 N–H and O–H groups in total. The lowest BCUT2D eigenvalue weighted by molar-refractivity contribution is 1.33. The van der Waals surface area contributed by atoms with E-state index in [1.54, 1.807) is 0 Å². The number of hydrogen-bond donors (Lipinski definition) is 0. The standard InChI is InChI=1S/C54H34B2N2/c1-3-15-35(16-4-1)37-27-29-45-43(33-37)39-19-7-11-23-49(39)57-51-25-13-9-21-41(51)53-47(55(45)57)31-32-48-54(53)42-22-10-14-26-52(42)58-50-24-12-8-20-40(50)44-34-38(28-30-46(44)56(48)58)36-17-5-2-6-18-36/h1-34H. The molecule has 0 bridgehead atoms. The van der Waals surface area contributed by atoms with E-state index in [-0.39, 0.29) is 13.7 Å². The molecular formula is C54H34B2N2. The first-order chi connectivity index (χ1) is 28.8. The van der Waals surface area contributed by atoms with Crippen LogP contribution in [0.5, 0.6) is 0 Å². The van der Waals surface area contributed by atoms with Crippen LogP contribution in [0.1, 0.15) is 0 Å². The number of para-hydroxylation sites is 4. The minimum Gasteiger partial charge on any atom is -0.376 e. The van der Waals surface area contributed by atoms with E-state index in [0.29, 0.717) is 0 Å². The van der Waals surface area contributed by atoms with Gasteiger partial charge in [-0.05, 0) is 103 Å². The summed E-state index contributed by atoms with van der Waals surface area (Å²) in [5.41, 5.74) is 25.7. The molecule has 0 amide bonds. The summed E-state index contributed by atoms with van der Waals surface area (Å²) in [6.07, 6.45) is 0. The Kier molecular flexibility index (Phi) is 6.65. The number of nitrogens with zero attached hydrogens (tertiary/aromatic N) is 2. The summed E-state index contributed by atoms with van der Waals surface area (Å²) >= 11 is 0. The van der Waals surface area contributed by atoms with Crippen LogP contribution in [-0.4, -0.2) is 13.7 Å². The van der Waals surface area contributed by atoms with Gasteiger partial charge in [-0.15, -0.1) is 0 Å². The van der Waals surface area contributed by atoms with Gasteiger partial charge in [0.15, 0.2) is 0 Å². The Hall–Kier alpha value is -7.29. The van der Waals surface area contributed by atoms with Gasteiger partial charge in [0.1, 0.15) is 0 Å². The van der Waals surface area contributed by atoms with Gasteiger partial charge in [-0.1, -0.05) is 170 Å². The lowest BCUT2D eigenvalue weighted by atomic mass is 9.39. The number of anilines is 4. The van der Waals surface area contributed by atoms with Crippen molar-refractivity contribution in [3.8, 4) is 66.8 Å². The third-order valence-electron chi connectivity index (χ3n) is 13.1. The van der Waals surface area contributed by atoms with Gasteiger partial charge in [0.25, 0.3) is 0 Å². The highest BCUT2D eigenvalue weighted by molar-refractivity contribution is 6.95. The van der Waals surface area contributed by atoms with Crippen LogP contribution in [0.15, 0.2) is 206 Å². The second-order valence-electron chi connectivity index (χ2n) is 15.9. The van der Waals surface area contributed by atoms with Gasteiger partial charge in [0.2, 0.25) is 0 Å². The molecule has 0 fully saturated rings. The van der Waals surface area contributed by atoms with Crippen LogP contribution >= 0.6 is 0 Å². The van der Waals surface area contributed by atoms with Gasteiger partial charge in [-0.3, -0.25) is 0 Å². The summed E-state index contributed by atoms with van der Waals surface area (Å²) in [5.74, 6) is 0. The van der Waals surface area contributed by atoms with Gasteiger partial charge < -0.3 is 9.62 Å². The molecule has 58 heavy (non-hydrogen) atoms. The Morgan fingerprint density at radius 3 is 0.983 bits per heavy atom. The van der Waals surface area contributed by atoms with Crippen LogP contribution in [0.2, 0.25) is 0 Å². The molecule has 0 saturated heterocycles. The summed E-state index contributed by atoms with van der Waals surface area (Å²) in [7, 11) is 0. The molecule has 0 spiro atoms. The van der Waals surface area contributed by atoms with E-state index in [1.807, 2.05) is 0 Å². The maximum atomic E-state index is 2.61. The Balaban J connectivity index is 1.09. The maximum Gasteiger partial charge on any atom is 0.329 e. The van der Waals surface area contributed by atoms with E-state index in [2.05, 4.69) is 216 Å². The molecule has 0 atom stereocenters. The van der Waals surface area contributed by atoms with E-state index in [9.17, 15) is 0 Å².